The van der Waals surface area contributed by atoms with E-state index in [0.29, 0.717) is 16.6 Å². The van der Waals surface area contributed by atoms with Crippen molar-refractivity contribution in [2.45, 2.75) is 13.3 Å². The summed E-state index contributed by atoms with van der Waals surface area (Å²) in [5.41, 5.74) is 0.295. The fourth-order valence-electron chi connectivity index (χ4n) is 0.987. The van der Waals surface area contributed by atoms with E-state index in [1.807, 2.05) is 21.1 Å². The van der Waals surface area contributed by atoms with E-state index in [-0.39, 0.29) is 26.2 Å². The van der Waals surface area contributed by atoms with Crippen molar-refractivity contribution in [3.63, 3.8) is 0 Å². The second-order valence-electron chi connectivity index (χ2n) is 5.40. The molecule has 0 rings (SSSR count). The summed E-state index contributed by atoms with van der Waals surface area (Å²) in [6.07, 6.45) is 0.268. The molecule has 118 valence electrons. The third kappa shape index (κ3) is 11.1. The number of rotatable bonds is 10. The molecule has 0 aliphatic carbocycles. The fraction of sp³-hybridized carbons (Fsp3) is 0.750. The molecule has 0 heterocycles. The van der Waals surface area contributed by atoms with Crippen LogP contribution < -0.4 is 4.89 Å². The normalized spacial score (nSPS) is 14.7. The lowest BCUT2D eigenvalue weighted by atomic mass is 10.4. The molecule has 0 amide bonds. The summed E-state index contributed by atoms with van der Waals surface area (Å²) in [4.78, 5) is 22.4. The number of hydrogen-bond donors (Lipinski definition) is 0. The zero-order valence-electron chi connectivity index (χ0n) is 12.6. The molecule has 0 aromatic rings. The van der Waals surface area contributed by atoms with Crippen LogP contribution in [0, 0.1) is 0 Å². The summed E-state index contributed by atoms with van der Waals surface area (Å²) in [5, 5.41) is 0. The molecule has 0 aliphatic rings. The number of quaternary nitrogens is 1. The molecule has 0 bridgehead atoms. The van der Waals surface area contributed by atoms with Crippen molar-refractivity contribution < 1.29 is 32.5 Å². The van der Waals surface area contributed by atoms with Gasteiger partial charge in [-0.25, -0.2) is 4.79 Å². The van der Waals surface area contributed by atoms with Gasteiger partial charge in [-0.2, -0.15) is 0 Å². The number of likely N-dealkylation sites (N-methyl/N-ethyl adjacent to an activating group) is 1. The number of nitrogens with zero attached hydrogens (tertiary/aromatic N) is 1. The Kier molecular flexibility index (Phi) is 8.23. The maximum atomic E-state index is 11.4. The van der Waals surface area contributed by atoms with Gasteiger partial charge in [0.25, 0.3) is 7.82 Å². The van der Waals surface area contributed by atoms with Gasteiger partial charge < -0.3 is 23.2 Å². The van der Waals surface area contributed by atoms with Gasteiger partial charge >= 0.3 is 5.97 Å². The Morgan fingerprint density at radius 2 is 1.75 bits per heavy atom. The average Bonchev–Trinajstić information content (AvgIpc) is 2.25. The molecule has 0 spiro atoms. The van der Waals surface area contributed by atoms with E-state index in [9.17, 15) is 14.3 Å². The third-order valence-electron chi connectivity index (χ3n) is 2.13. The molecule has 1 atom stereocenters. The molecule has 0 N–H and O–H groups in total. The van der Waals surface area contributed by atoms with Crippen LogP contribution in [0.2, 0.25) is 0 Å². The largest absolute Gasteiger partial charge is 0.756 e. The summed E-state index contributed by atoms with van der Waals surface area (Å²) in [6, 6.07) is 0. The quantitative estimate of drug-likeness (QED) is 0.194. The lowest BCUT2D eigenvalue weighted by Crippen LogP contribution is -2.37. The monoisotopic (exact) mass is 309 g/mol. The highest BCUT2D eigenvalue weighted by atomic mass is 31.2. The number of phosphoric acid groups is 1. The van der Waals surface area contributed by atoms with E-state index in [0.717, 1.165) is 0 Å². The van der Waals surface area contributed by atoms with Crippen LogP contribution in [0.1, 0.15) is 13.3 Å². The highest BCUT2D eigenvalue weighted by Gasteiger charge is 2.13. The molecule has 0 aromatic heterocycles. The molecule has 0 fully saturated rings. The van der Waals surface area contributed by atoms with E-state index < -0.39 is 13.8 Å². The molecule has 8 heteroatoms. The van der Waals surface area contributed by atoms with E-state index >= 15 is 0 Å². The lowest BCUT2D eigenvalue weighted by Gasteiger charge is -2.27. The maximum Gasteiger partial charge on any atom is 0.333 e. The highest BCUT2D eigenvalue weighted by Crippen LogP contribution is 2.38. The zero-order chi connectivity index (χ0) is 15.8. The summed E-state index contributed by atoms with van der Waals surface area (Å²) >= 11 is 0. The van der Waals surface area contributed by atoms with Crippen molar-refractivity contribution in [1.82, 2.24) is 0 Å². The van der Waals surface area contributed by atoms with Gasteiger partial charge in [-0.05, 0) is 6.92 Å². The Bertz CT molecular complexity index is 377. The molecule has 0 aliphatic heterocycles. The number of ether oxygens (including phenoxy) is 1. The van der Waals surface area contributed by atoms with E-state index in [4.69, 9.17) is 9.26 Å². The molecule has 0 radical (unpaired) electrons. The lowest BCUT2D eigenvalue weighted by molar-refractivity contribution is -0.870. The number of carbonyl (C=O) groups excluding carboxylic acids is 1. The van der Waals surface area contributed by atoms with Gasteiger partial charge in [0.2, 0.25) is 0 Å². The van der Waals surface area contributed by atoms with Gasteiger partial charge in [0, 0.05) is 12.0 Å². The fourth-order valence-corrected chi connectivity index (χ4v) is 1.72. The molecule has 1 unspecified atom stereocenters. The van der Waals surface area contributed by atoms with Crippen molar-refractivity contribution in [3.8, 4) is 0 Å². The number of hydrogen-bond acceptors (Lipinski definition) is 6. The van der Waals surface area contributed by atoms with Crippen molar-refractivity contribution in [2.75, 3.05) is 47.5 Å². The molecular weight excluding hydrogens is 285 g/mol. The van der Waals surface area contributed by atoms with Crippen molar-refractivity contribution in [2.24, 2.45) is 0 Å². The first-order valence-corrected chi connectivity index (χ1v) is 7.73. The maximum absolute atomic E-state index is 11.4. The van der Waals surface area contributed by atoms with Crippen LogP contribution in [-0.4, -0.2) is 58.0 Å². The second kappa shape index (κ2) is 8.54. The van der Waals surface area contributed by atoms with E-state index in [1.54, 1.807) is 0 Å². The number of carbonyl (C=O) groups is 1. The Labute approximate surface area is 120 Å². The van der Waals surface area contributed by atoms with Gasteiger partial charge in [-0.1, -0.05) is 6.58 Å². The minimum Gasteiger partial charge on any atom is -0.756 e. The molecule has 7 nitrogen and oxygen atoms in total. The standard InChI is InChI=1S/C12H24NO6P/c1-11(2)12(14)17-8-6-9-18-20(15,16)19-10-7-13(3,4)5/h1,6-10H2,2-5H3. The highest BCUT2D eigenvalue weighted by molar-refractivity contribution is 7.45. The van der Waals surface area contributed by atoms with Crippen molar-refractivity contribution >= 4 is 13.8 Å². The van der Waals surface area contributed by atoms with Crippen molar-refractivity contribution in [1.29, 1.82) is 0 Å². The second-order valence-corrected chi connectivity index (χ2v) is 6.81. The Morgan fingerprint density at radius 3 is 2.25 bits per heavy atom. The number of phosphoric ester groups is 1. The van der Waals surface area contributed by atoms with Gasteiger partial charge in [0.15, 0.2) is 0 Å². The molecule has 0 saturated heterocycles. The molecule has 0 aromatic carbocycles. The Balaban J connectivity index is 3.75. The van der Waals surface area contributed by atoms with Crippen molar-refractivity contribution in [3.05, 3.63) is 12.2 Å². The van der Waals surface area contributed by atoms with Crippen LogP contribution in [0.4, 0.5) is 0 Å². The zero-order valence-corrected chi connectivity index (χ0v) is 13.5. The van der Waals surface area contributed by atoms with Gasteiger partial charge in [0.1, 0.15) is 13.2 Å². The van der Waals surface area contributed by atoms with E-state index in [1.165, 1.54) is 6.92 Å². The molecule has 0 saturated carbocycles. The Hall–Kier alpha value is -0.720. The third-order valence-corrected chi connectivity index (χ3v) is 3.13. The van der Waals surface area contributed by atoms with Crippen LogP contribution in [0.3, 0.4) is 0 Å². The van der Waals surface area contributed by atoms with Crippen LogP contribution in [0.25, 0.3) is 0 Å². The summed E-state index contributed by atoms with van der Waals surface area (Å²) in [7, 11) is 1.50. The summed E-state index contributed by atoms with van der Waals surface area (Å²) in [5.74, 6) is -0.505. The van der Waals surface area contributed by atoms with E-state index in [2.05, 4.69) is 11.1 Å². The minimum atomic E-state index is -4.28. The minimum absolute atomic E-state index is 0.0644. The smallest absolute Gasteiger partial charge is 0.333 e. The van der Waals surface area contributed by atoms with Crippen LogP contribution in [-0.2, 0) is 23.1 Å². The van der Waals surface area contributed by atoms with Crippen LogP contribution >= 0.6 is 7.82 Å². The predicted molar refractivity (Wildman–Crippen MR) is 72.8 cm³/mol. The Morgan fingerprint density at radius 1 is 1.20 bits per heavy atom. The first-order chi connectivity index (χ1) is 9.03. The molecule has 20 heavy (non-hydrogen) atoms. The topological polar surface area (TPSA) is 84.9 Å². The van der Waals surface area contributed by atoms with Gasteiger partial charge in [-0.15, -0.1) is 0 Å². The summed E-state index contributed by atoms with van der Waals surface area (Å²) in [6.45, 7) is 5.56. The number of esters is 1. The first-order valence-electron chi connectivity index (χ1n) is 6.27. The average molecular weight is 309 g/mol. The predicted octanol–water partition coefficient (Wildman–Crippen LogP) is 0.704. The van der Waals surface area contributed by atoms with Crippen LogP contribution in [0.5, 0.6) is 0 Å². The van der Waals surface area contributed by atoms with Gasteiger partial charge in [0.05, 0.1) is 34.4 Å². The van der Waals surface area contributed by atoms with Gasteiger partial charge in [-0.3, -0.25) is 4.57 Å². The molecular formula is C12H24NO6P. The SMILES string of the molecule is C=C(C)C(=O)OCCCOP(=O)([O-])OCC[N+](C)(C)C. The summed E-state index contributed by atoms with van der Waals surface area (Å²) < 4.78 is 26.1. The van der Waals surface area contributed by atoms with Crippen LogP contribution in [0.15, 0.2) is 12.2 Å². The first kappa shape index (κ1) is 19.3.